The summed E-state index contributed by atoms with van der Waals surface area (Å²) in [7, 11) is -1.85. The van der Waals surface area contributed by atoms with Gasteiger partial charge in [-0.3, -0.25) is 0 Å². The first kappa shape index (κ1) is 29.7. The maximum atomic E-state index is 10.8. The number of methoxy groups -OCH3 is 2. The number of thiophene rings is 1. The number of phosphoric ester groups is 1. The molecule has 2 aromatic rings. The molecule has 32 heavy (non-hydrogen) atoms. The molecule has 1 aliphatic heterocycles. The van der Waals surface area contributed by atoms with E-state index in [-0.39, 0.29) is 59.1 Å². The van der Waals surface area contributed by atoms with Crippen molar-refractivity contribution in [1.82, 2.24) is 0 Å². The van der Waals surface area contributed by atoms with E-state index in [1.165, 1.54) is 11.3 Å². The van der Waals surface area contributed by atoms with Crippen LogP contribution in [0.2, 0.25) is 0 Å². The third-order valence-corrected chi connectivity index (χ3v) is 6.40. The number of ether oxygens (including phenoxy) is 2. The summed E-state index contributed by atoms with van der Waals surface area (Å²) >= 11 is 1.53. The zero-order valence-electron chi connectivity index (χ0n) is 18.6. The molecule has 1 fully saturated rings. The first-order valence-corrected chi connectivity index (χ1v) is 11.5. The third-order valence-electron chi connectivity index (χ3n) is 4.75. The van der Waals surface area contributed by atoms with Gasteiger partial charge >= 0.3 is 59.1 Å². The van der Waals surface area contributed by atoms with Crippen molar-refractivity contribution in [2.45, 2.75) is 18.9 Å². The zero-order chi connectivity index (χ0) is 21.7. The van der Waals surface area contributed by atoms with E-state index in [1.807, 2.05) is 18.2 Å². The minimum Gasteiger partial charge on any atom is -0.790 e. The first-order valence-electron chi connectivity index (χ1n) is 9.22. The number of hydrogen-bond acceptors (Lipinski definition) is 9. The largest absolute Gasteiger partial charge is 1.00 e. The van der Waals surface area contributed by atoms with Crippen LogP contribution in [0, 0.1) is 11.3 Å². The van der Waals surface area contributed by atoms with Crippen LogP contribution in [0.15, 0.2) is 30.3 Å². The van der Waals surface area contributed by atoms with E-state index in [1.54, 1.807) is 32.4 Å². The number of nitrogens with zero attached hydrogens (tertiary/aromatic N) is 2. The quantitative estimate of drug-likeness (QED) is 0.223. The number of rotatable bonds is 7. The van der Waals surface area contributed by atoms with Crippen LogP contribution in [-0.4, -0.2) is 33.4 Å². The Bertz CT molecular complexity index is 1010. The number of phosphoric acid groups is 1. The maximum Gasteiger partial charge on any atom is 1.00 e. The molecule has 1 aromatic carbocycles. The maximum absolute atomic E-state index is 10.8. The molecule has 0 unspecified atom stereocenters. The van der Waals surface area contributed by atoms with Gasteiger partial charge in [0.05, 0.1) is 44.8 Å². The van der Waals surface area contributed by atoms with E-state index in [0.717, 1.165) is 15.4 Å². The van der Waals surface area contributed by atoms with Crippen LogP contribution in [0.1, 0.15) is 23.3 Å². The molecule has 0 aliphatic carbocycles. The summed E-state index contributed by atoms with van der Waals surface area (Å²) < 4.78 is 25.9. The molecule has 0 spiro atoms. The molecule has 0 saturated carbocycles. The smallest absolute Gasteiger partial charge is 0.790 e. The van der Waals surface area contributed by atoms with Crippen molar-refractivity contribution in [3.63, 3.8) is 0 Å². The minimum atomic E-state index is -4.95. The predicted octanol–water partition coefficient (Wildman–Crippen LogP) is -3.35. The fourth-order valence-electron chi connectivity index (χ4n) is 3.28. The average molecular weight is 494 g/mol. The van der Waals surface area contributed by atoms with Gasteiger partial charge in [-0.1, -0.05) is 0 Å². The van der Waals surface area contributed by atoms with Gasteiger partial charge in [-0.05, 0) is 54.8 Å². The van der Waals surface area contributed by atoms with Crippen LogP contribution in [0.3, 0.4) is 0 Å². The van der Waals surface area contributed by atoms with Crippen LogP contribution < -0.4 is 83.3 Å². The molecule has 0 atom stereocenters. The Hall–Kier alpha value is -0.340. The van der Waals surface area contributed by atoms with E-state index in [2.05, 4.69) is 15.5 Å². The zero-order valence-corrected chi connectivity index (χ0v) is 24.3. The van der Waals surface area contributed by atoms with Gasteiger partial charge in [0.15, 0.2) is 11.5 Å². The standard InChI is InChI=1S/C20H23N2O6PS.2Na/c1-26-18-5-3-14(12-19(18)27-2)15(13-21)11-17-4-6-20(30-17)22-9-7-16(8-10-22)28-29(23,24)25;;/h3-6,11-12,16H,7-10H2,1-2H3,(H2,23,24,25);;/q;2*+1/p-2/b15-11+;;. The van der Waals surface area contributed by atoms with E-state index >= 15 is 0 Å². The molecule has 0 N–H and O–H groups in total. The van der Waals surface area contributed by atoms with E-state index in [4.69, 9.17) is 9.47 Å². The van der Waals surface area contributed by atoms with E-state index < -0.39 is 13.9 Å². The molecule has 1 aliphatic rings. The van der Waals surface area contributed by atoms with Gasteiger partial charge < -0.3 is 33.2 Å². The topological polar surface area (TPSA) is 118 Å². The fourth-order valence-corrected chi connectivity index (χ4v) is 4.86. The van der Waals surface area contributed by atoms with Crippen molar-refractivity contribution in [1.29, 1.82) is 5.26 Å². The van der Waals surface area contributed by atoms with Crippen LogP contribution in [0.5, 0.6) is 11.5 Å². The summed E-state index contributed by atoms with van der Waals surface area (Å²) in [6, 6.07) is 11.5. The summed E-state index contributed by atoms with van der Waals surface area (Å²) in [6.07, 6.45) is 2.19. The van der Waals surface area contributed by atoms with Gasteiger partial charge in [0.1, 0.15) is 0 Å². The van der Waals surface area contributed by atoms with Crippen molar-refractivity contribution in [2.75, 3.05) is 32.2 Å². The van der Waals surface area contributed by atoms with Crippen molar-refractivity contribution < 1.29 is 87.5 Å². The summed E-state index contributed by atoms with van der Waals surface area (Å²) in [5, 5.41) is 10.6. The number of piperidine rings is 1. The number of hydrogen-bond donors (Lipinski definition) is 0. The van der Waals surface area contributed by atoms with Gasteiger partial charge in [0.2, 0.25) is 0 Å². The molecule has 0 amide bonds. The molecule has 2 heterocycles. The van der Waals surface area contributed by atoms with Crippen LogP contribution >= 0.6 is 19.2 Å². The predicted molar refractivity (Wildman–Crippen MR) is 111 cm³/mol. The summed E-state index contributed by atoms with van der Waals surface area (Å²) in [6.45, 7) is 1.18. The van der Waals surface area contributed by atoms with Gasteiger partial charge in [0, 0.05) is 18.0 Å². The minimum absolute atomic E-state index is 0. The number of anilines is 1. The Morgan fingerprint density at radius 1 is 1.16 bits per heavy atom. The molecule has 8 nitrogen and oxygen atoms in total. The molecular formula is C20H21N2Na2O6PS. The molecule has 160 valence electrons. The third kappa shape index (κ3) is 8.15. The molecule has 0 radical (unpaired) electrons. The van der Waals surface area contributed by atoms with Gasteiger partial charge in [0.25, 0.3) is 0 Å². The Morgan fingerprint density at radius 3 is 2.38 bits per heavy atom. The molecule has 12 heteroatoms. The van der Waals surface area contributed by atoms with Gasteiger partial charge in [-0.25, -0.2) is 0 Å². The monoisotopic (exact) mass is 494 g/mol. The average Bonchev–Trinajstić information content (AvgIpc) is 3.19. The van der Waals surface area contributed by atoms with Crippen molar-refractivity contribution in [3.05, 3.63) is 40.8 Å². The second-order valence-corrected chi connectivity index (χ2v) is 8.85. The Morgan fingerprint density at radius 2 is 1.81 bits per heavy atom. The fraction of sp³-hybridized carbons (Fsp3) is 0.350. The van der Waals surface area contributed by atoms with E-state index in [9.17, 15) is 19.6 Å². The van der Waals surface area contributed by atoms with Crippen molar-refractivity contribution in [2.24, 2.45) is 0 Å². The molecular weight excluding hydrogens is 473 g/mol. The van der Waals surface area contributed by atoms with Crippen LogP contribution in [0.4, 0.5) is 5.00 Å². The first-order chi connectivity index (χ1) is 14.3. The van der Waals surface area contributed by atoms with E-state index in [0.29, 0.717) is 43.0 Å². The molecule has 3 rings (SSSR count). The normalized spacial score (nSPS) is 14.7. The van der Waals surface area contributed by atoms with Crippen molar-refractivity contribution in [3.8, 4) is 17.6 Å². The molecule has 1 aromatic heterocycles. The molecule has 1 saturated heterocycles. The Kier molecular flexibility index (Phi) is 12.5. The Balaban J connectivity index is 0.00000256. The summed E-state index contributed by atoms with van der Waals surface area (Å²) in [5.74, 6) is 1.14. The summed E-state index contributed by atoms with van der Waals surface area (Å²) in [5.41, 5.74) is 1.22. The second kappa shape index (κ2) is 13.5. The van der Waals surface area contributed by atoms with Gasteiger partial charge in [-0.15, -0.1) is 11.3 Å². The summed E-state index contributed by atoms with van der Waals surface area (Å²) in [4.78, 5) is 24.6. The number of allylic oxidation sites excluding steroid dienone is 1. The second-order valence-electron chi connectivity index (χ2n) is 6.65. The molecule has 0 bridgehead atoms. The van der Waals surface area contributed by atoms with Crippen LogP contribution in [0.25, 0.3) is 11.6 Å². The Labute approximate surface area is 236 Å². The van der Waals surface area contributed by atoms with Crippen molar-refractivity contribution >= 4 is 35.8 Å². The van der Waals surface area contributed by atoms with Crippen LogP contribution in [-0.2, 0) is 9.09 Å². The number of benzene rings is 1. The SMILES string of the molecule is COc1ccc(/C(C#N)=C/c2ccc(N3CCC(OP(=O)([O-])[O-])CC3)s2)cc1OC.[Na+].[Na+]. The van der Waals surface area contributed by atoms with Gasteiger partial charge in [-0.2, -0.15) is 5.26 Å². The number of nitriles is 1.